The van der Waals surface area contributed by atoms with E-state index < -0.39 is 0 Å². The highest BCUT2D eigenvalue weighted by atomic mass is 15.0. The molecule has 0 aliphatic carbocycles. The molecule has 1 atom stereocenters. The molecule has 2 rings (SSSR count). The average Bonchev–Trinajstić information content (AvgIpc) is 2.35. The molecular weight excluding hydrogens is 210 g/mol. The largest absolute Gasteiger partial charge is 0.365 e. The van der Waals surface area contributed by atoms with Gasteiger partial charge in [0, 0.05) is 24.2 Å². The first-order valence-electron chi connectivity index (χ1n) is 6.02. The molecule has 1 aromatic carbocycles. The summed E-state index contributed by atoms with van der Waals surface area (Å²) in [6.07, 6.45) is 1.83. The van der Waals surface area contributed by atoms with Gasteiger partial charge >= 0.3 is 0 Å². The van der Waals surface area contributed by atoms with Crippen LogP contribution >= 0.6 is 0 Å². The molecule has 0 saturated carbocycles. The second-order valence-corrected chi connectivity index (χ2v) is 4.61. The Morgan fingerprint density at radius 1 is 1.24 bits per heavy atom. The molecule has 0 saturated heterocycles. The van der Waals surface area contributed by atoms with E-state index in [9.17, 15) is 0 Å². The third-order valence-corrected chi connectivity index (χ3v) is 3.05. The van der Waals surface area contributed by atoms with Crippen molar-refractivity contribution in [3.05, 3.63) is 36.5 Å². The topological polar surface area (TPSA) is 50.9 Å². The minimum atomic E-state index is 0.258. The summed E-state index contributed by atoms with van der Waals surface area (Å²) >= 11 is 0. The molecular formula is C14H19N3. The molecule has 0 fully saturated rings. The van der Waals surface area contributed by atoms with Crippen molar-refractivity contribution < 1.29 is 0 Å². The van der Waals surface area contributed by atoms with E-state index in [1.807, 2.05) is 24.4 Å². The Morgan fingerprint density at radius 2 is 2.00 bits per heavy atom. The zero-order valence-electron chi connectivity index (χ0n) is 10.4. The third kappa shape index (κ3) is 2.56. The van der Waals surface area contributed by atoms with Crippen LogP contribution in [0.1, 0.15) is 13.8 Å². The Labute approximate surface area is 102 Å². The molecule has 3 heteroatoms. The smallest absolute Gasteiger partial charge is 0.134 e. The fraction of sp³-hybridized carbons (Fsp3) is 0.357. The molecule has 1 unspecified atom stereocenters. The summed E-state index contributed by atoms with van der Waals surface area (Å²) in [6.45, 7) is 4.94. The van der Waals surface area contributed by atoms with Gasteiger partial charge in [0.25, 0.3) is 0 Å². The molecule has 0 aliphatic rings. The van der Waals surface area contributed by atoms with E-state index in [4.69, 9.17) is 5.73 Å². The summed E-state index contributed by atoms with van der Waals surface area (Å²) in [5.74, 6) is 1.41. The number of hydrogen-bond acceptors (Lipinski definition) is 3. The minimum absolute atomic E-state index is 0.258. The van der Waals surface area contributed by atoms with Crippen LogP contribution < -0.4 is 11.1 Å². The number of pyridine rings is 1. The van der Waals surface area contributed by atoms with Crippen LogP contribution in [0, 0.1) is 5.92 Å². The fourth-order valence-electron chi connectivity index (χ4n) is 1.91. The SMILES string of the molecule is CC(C)C(CN)Nc1nccc2ccccc12. The van der Waals surface area contributed by atoms with Gasteiger partial charge in [0.1, 0.15) is 5.82 Å². The lowest BCUT2D eigenvalue weighted by Gasteiger charge is -2.21. The van der Waals surface area contributed by atoms with Crippen molar-refractivity contribution in [3.63, 3.8) is 0 Å². The van der Waals surface area contributed by atoms with E-state index in [0.29, 0.717) is 12.5 Å². The van der Waals surface area contributed by atoms with Crippen LogP contribution in [0.5, 0.6) is 0 Å². The van der Waals surface area contributed by atoms with Gasteiger partial charge in [0.15, 0.2) is 0 Å². The minimum Gasteiger partial charge on any atom is -0.365 e. The second-order valence-electron chi connectivity index (χ2n) is 4.61. The maximum absolute atomic E-state index is 5.78. The number of nitrogens with one attached hydrogen (secondary N) is 1. The van der Waals surface area contributed by atoms with Crippen LogP contribution in [0.2, 0.25) is 0 Å². The van der Waals surface area contributed by atoms with Crippen molar-refractivity contribution in [1.29, 1.82) is 0 Å². The van der Waals surface area contributed by atoms with Gasteiger partial charge in [0.2, 0.25) is 0 Å². The molecule has 0 radical (unpaired) electrons. The standard InChI is InChI=1S/C14H19N3/c1-10(2)13(9-15)17-14-12-6-4-3-5-11(12)7-8-16-14/h3-8,10,13H,9,15H2,1-2H3,(H,16,17). The molecule has 0 aliphatic heterocycles. The maximum Gasteiger partial charge on any atom is 0.134 e. The Hall–Kier alpha value is -1.61. The van der Waals surface area contributed by atoms with Crippen molar-refractivity contribution in [1.82, 2.24) is 4.98 Å². The summed E-state index contributed by atoms with van der Waals surface area (Å²) in [7, 11) is 0. The van der Waals surface area contributed by atoms with Crippen molar-refractivity contribution >= 4 is 16.6 Å². The first-order valence-corrected chi connectivity index (χ1v) is 6.02. The zero-order valence-corrected chi connectivity index (χ0v) is 10.4. The number of anilines is 1. The zero-order chi connectivity index (χ0) is 12.3. The van der Waals surface area contributed by atoms with Gasteiger partial charge in [-0.2, -0.15) is 0 Å². The van der Waals surface area contributed by atoms with Crippen LogP contribution in [0.3, 0.4) is 0 Å². The molecule has 1 aromatic heterocycles. The number of fused-ring (bicyclic) bond motifs is 1. The Morgan fingerprint density at radius 3 is 2.71 bits per heavy atom. The molecule has 3 N–H and O–H groups in total. The quantitative estimate of drug-likeness (QED) is 0.847. The van der Waals surface area contributed by atoms with Crippen molar-refractivity contribution in [2.75, 3.05) is 11.9 Å². The van der Waals surface area contributed by atoms with Gasteiger partial charge in [0.05, 0.1) is 0 Å². The molecule has 3 nitrogen and oxygen atoms in total. The number of nitrogens with two attached hydrogens (primary N) is 1. The lowest BCUT2D eigenvalue weighted by atomic mass is 10.0. The molecule has 0 amide bonds. The van der Waals surface area contributed by atoms with Gasteiger partial charge in [-0.05, 0) is 17.4 Å². The van der Waals surface area contributed by atoms with E-state index in [0.717, 1.165) is 11.2 Å². The Balaban J connectivity index is 2.35. The van der Waals surface area contributed by atoms with E-state index in [-0.39, 0.29) is 6.04 Å². The van der Waals surface area contributed by atoms with Crippen molar-refractivity contribution in [2.24, 2.45) is 11.7 Å². The lowest BCUT2D eigenvalue weighted by molar-refractivity contribution is 0.530. The normalized spacial score (nSPS) is 12.9. The highest BCUT2D eigenvalue weighted by Crippen LogP contribution is 2.21. The summed E-state index contributed by atoms with van der Waals surface area (Å²) < 4.78 is 0. The summed E-state index contributed by atoms with van der Waals surface area (Å²) in [4.78, 5) is 4.41. The van der Waals surface area contributed by atoms with Gasteiger partial charge in [-0.25, -0.2) is 4.98 Å². The van der Waals surface area contributed by atoms with Crippen molar-refractivity contribution in [3.8, 4) is 0 Å². The van der Waals surface area contributed by atoms with E-state index in [1.54, 1.807) is 0 Å². The molecule has 17 heavy (non-hydrogen) atoms. The van der Waals surface area contributed by atoms with Gasteiger partial charge in [-0.15, -0.1) is 0 Å². The molecule has 2 aromatic rings. The monoisotopic (exact) mass is 229 g/mol. The molecule has 90 valence electrons. The van der Waals surface area contributed by atoms with Crippen LogP contribution in [-0.4, -0.2) is 17.6 Å². The van der Waals surface area contributed by atoms with E-state index in [2.05, 4.69) is 36.3 Å². The van der Waals surface area contributed by atoms with Crippen LogP contribution in [0.25, 0.3) is 10.8 Å². The average molecular weight is 229 g/mol. The summed E-state index contributed by atoms with van der Waals surface area (Å²) in [5.41, 5.74) is 5.78. The van der Waals surface area contributed by atoms with Crippen LogP contribution in [0.15, 0.2) is 36.5 Å². The molecule has 0 spiro atoms. The van der Waals surface area contributed by atoms with Gasteiger partial charge in [-0.3, -0.25) is 0 Å². The predicted octanol–water partition coefficient (Wildman–Crippen LogP) is 2.63. The Kier molecular flexibility index (Phi) is 3.59. The van der Waals surface area contributed by atoms with E-state index in [1.165, 1.54) is 5.39 Å². The van der Waals surface area contributed by atoms with Crippen molar-refractivity contribution in [2.45, 2.75) is 19.9 Å². The number of nitrogens with zero attached hydrogens (tertiary/aromatic N) is 1. The fourth-order valence-corrected chi connectivity index (χ4v) is 1.91. The number of benzene rings is 1. The summed E-state index contributed by atoms with van der Waals surface area (Å²) in [6, 6.07) is 10.5. The summed E-state index contributed by atoms with van der Waals surface area (Å²) in [5, 5.41) is 5.78. The molecule has 0 bridgehead atoms. The third-order valence-electron chi connectivity index (χ3n) is 3.05. The number of hydrogen-bond donors (Lipinski definition) is 2. The maximum atomic E-state index is 5.78. The van der Waals surface area contributed by atoms with Gasteiger partial charge in [-0.1, -0.05) is 38.1 Å². The predicted molar refractivity (Wildman–Crippen MR) is 73.0 cm³/mol. The second kappa shape index (κ2) is 5.15. The van der Waals surface area contributed by atoms with E-state index >= 15 is 0 Å². The number of rotatable bonds is 4. The lowest BCUT2D eigenvalue weighted by Crippen LogP contribution is -2.34. The molecule has 1 heterocycles. The Bertz CT molecular complexity index is 488. The van der Waals surface area contributed by atoms with Crippen LogP contribution in [0.4, 0.5) is 5.82 Å². The highest BCUT2D eigenvalue weighted by Gasteiger charge is 2.12. The highest BCUT2D eigenvalue weighted by molar-refractivity contribution is 5.91. The first kappa shape index (κ1) is 11.9. The number of aromatic nitrogens is 1. The van der Waals surface area contributed by atoms with Crippen LogP contribution in [-0.2, 0) is 0 Å². The van der Waals surface area contributed by atoms with Gasteiger partial charge < -0.3 is 11.1 Å². The first-order chi connectivity index (χ1) is 8.22.